The molecule has 0 unspecified atom stereocenters. The largest absolute Gasteiger partial charge is 0.307 e. The molecule has 0 radical (unpaired) electrons. The summed E-state index contributed by atoms with van der Waals surface area (Å²) < 4.78 is 0. The van der Waals surface area contributed by atoms with Crippen molar-refractivity contribution in [3.8, 4) is 0 Å². The van der Waals surface area contributed by atoms with Crippen LogP contribution < -0.4 is 9.80 Å². The van der Waals surface area contributed by atoms with Crippen LogP contribution in [0.2, 0.25) is 10.0 Å². The van der Waals surface area contributed by atoms with Crippen molar-refractivity contribution in [2.75, 3.05) is 22.9 Å². The Hall–Kier alpha value is -4.00. The Morgan fingerprint density at radius 1 is 0.587 bits per heavy atom. The van der Waals surface area contributed by atoms with Gasteiger partial charge in [0.15, 0.2) is 0 Å². The summed E-state index contributed by atoms with van der Waals surface area (Å²) in [5.74, 6) is -0.496. The van der Waals surface area contributed by atoms with Crippen LogP contribution in [0, 0.1) is 0 Å². The summed E-state index contributed by atoms with van der Waals surface area (Å²) in [6, 6.07) is 19.5. The molecule has 0 N–H and O–H groups in total. The molecule has 8 heteroatoms. The van der Waals surface area contributed by atoms with E-state index in [9.17, 15) is 9.59 Å². The topological polar surface area (TPSA) is 66.4 Å². The minimum Gasteiger partial charge on any atom is -0.307 e. The molecule has 0 saturated heterocycles. The molecule has 7 rings (SSSR count). The first kappa shape index (κ1) is 30.6. The van der Waals surface area contributed by atoms with Gasteiger partial charge < -0.3 is 9.80 Å². The van der Waals surface area contributed by atoms with E-state index in [0.29, 0.717) is 44.9 Å². The van der Waals surface area contributed by atoms with Crippen LogP contribution in [0.1, 0.15) is 82.8 Å². The maximum absolute atomic E-state index is 14.0. The second-order valence-electron chi connectivity index (χ2n) is 12.3. The van der Waals surface area contributed by atoms with Gasteiger partial charge in [-0.25, -0.2) is 9.97 Å². The summed E-state index contributed by atoms with van der Waals surface area (Å²) in [4.78, 5) is 41.1. The third-order valence-corrected chi connectivity index (χ3v) is 10.1. The van der Waals surface area contributed by atoms with Crippen molar-refractivity contribution in [2.24, 2.45) is 0 Å². The van der Waals surface area contributed by atoms with Crippen LogP contribution in [0.4, 0.5) is 11.4 Å². The number of rotatable bonds is 6. The lowest BCUT2D eigenvalue weighted by atomic mass is 9.91. The van der Waals surface area contributed by atoms with E-state index in [1.54, 1.807) is 21.9 Å². The fourth-order valence-corrected chi connectivity index (χ4v) is 7.56. The van der Waals surface area contributed by atoms with Crippen LogP contribution in [-0.4, -0.2) is 34.9 Å². The Kier molecular flexibility index (Phi) is 8.43. The van der Waals surface area contributed by atoms with Crippen LogP contribution in [0.5, 0.6) is 0 Å². The van der Waals surface area contributed by atoms with Crippen molar-refractivity contribution < 1.29 is 9.59 Å². The highest BCUT2D eigenvalue weighted by Gasteiger charge is 2.24. The summed E-state index contributed by atoms with van der Waals surface area (Å²) in [6.45, 7) is 4.86. The number of aromatic nitrogens is 2. The molecule has 2 amide bonds. The number of hydrogen-bond acceptors (Lipinski definition) is 4. The maximum atomic E-state index is 14.0. The molecule has 234 valence electrons. The average Bonchev–Trinajstić information content (AvgIpc) is 3.08. The predicted octanol–water partition coefficient (Wildman–Crippen LogP) is 9.18. The van der Waals surface area contributed by atoms with Gasteiger partial charge in [0.2, 0.25) is 0 Å². The number of carbonyl (C=O) groups is 2. The SMILES string of the molecule is CCN(C(=O)c1cc(Cl)c2ccc3c(Cl)cc(C(=O)N(CC)c4ccc5c(c4)CCCC5)nc3c2n1)c1ccc2c(c1)CCCC2. The van der Waals surface area contributed by atoms with Gasteiger partial charge in [0.05, 0.1) is 21.1 Å². The van der Waals surface area contributed by atoms with Gasteiger partial charge in [-0.05, 0) is 124 Å². The molecule has 2 aliphatic rings. The quantitative estimate of drug-likeness (QED) is 0.172. The molecule has 0 atom stereocenters. The lowest BCUT2D eigenvalue weighted by molar-refractivity contribution is 0.0976. The normalized spacial score (nSPS) is 14.2. The summed E-state index contributed by atoms with van der Waals surface area (Å²) in [5, 5.41) is 2.04. The molecule has 0 aliphatic heterocycles. The lowest BCUT2D eigenvalue weighted by Crippen LogP contribution is -2.32. The first-order valence-electron chi connectivity index (χ1n) is 16.3. The Labute approximate surface area is 279 Å². The fraction of sp³-hybridized carbons (Fsp3) is 0.316. The van der Waals surface area contributed by atoms with Gasteiger partial charge in [-0.15, -0.1) is 0 Å². The molecular formula is C38H36Cl2N4O2. The Balaban J connectivity index is 1.29. The highest BCUT2D eigenvalue weighted by atomic mass is 35.5. The number of aryl methyl sites for hydroxylation is 4. The number of carbonyl (C=O) groups excluding carboxylic acids is 2. The minimum absolute atomic E-state index is 0.212. The highest BCUT2D eigenvalue weighted by Crippen LogP contribution is 2.34. The number of halogens is 2. The average molecular weight is 652 g/mol. The molecule has 2 aliphatic carbocycles. The summed E-state index contributed by atoms with van der Waals surface area (Å²) in [7, 11) is 0. The van der Waals surface area contributed by atoms with Gasteiger partial charge in [-0.1, -0.05) is 47.5 Å². The summed E-state index contributed by atoms with van der Waals surface area (Å²) >= 11 is 13.6. The van der Waals surface area contributed by atoms with Crippen molar-refractivity contribution in [3.63, 3.8) is 0 Å². The second kappa shape index (κ2) is 12.7. The number of nitrogens with zero attached hydrogens (tertiary/aromatic N) is 4. The van der Waals surface area contributed by atoms with Gasteiger partial charge in [-0.3, -0.25) is 9.59 Å². The van der Waals surface area contributed by atoms with Crippen molar-refractivity contribution in [1.29, 1.82) is 0 Å². The Morgan fingerprint density at radius 3 is 1.37 bits per heavy atom. The Morgan fingerprint density at radius 2 is 0.978 bits per heavy atom. The van der Waals surface area contributed by atoms with E-state index in [2.05, 4.69) is 24.3 Å². The second-order valence-corrected chi connectivity index (χ2v) is 13.1. The van der Waals surface area contributed by atoms with Crippen molar-refractivity contribution in [2.45, 2.75) is 65.2 Å². The van der Waals surface area contributed by atoms with E-state index in [-0.39, 0.29) is 23.2 Å². The van der Waals surface area contributed by atoms with E-state index in [0.717, 1.165) is 49.9 Å². The van der Waals surface area contributed by atoms with E-state index >= 15 is 0 Å². The maximum Gasteiger partial charge on any atom is 0.276 e. The molecule has 0 spiro atoms. The number of amides is 2. The van der Waals surface area contributed by atoms with Crippen molar-refractivity contribution in [3.05, 3.63) is 104 Å². The van der Waals surface area contributed by atoms with Crippen molar-refractivity contribution >= 4 is 68.2 Å². The number of anilines is 2. The predicted molar refractivity (Wildman–Crippen MR) is 188 cm³/mol. The molecule has 6 nitrogen and oxygen atoms in total. The van der Waals surface area contributed by atoms with E-state index in [4.69, 9.17) is 33.2 Å². The van der Waals surface area contributed by atoms with Crippen LogP contribution in [0.25, 0.3) is 21.8 Å². The first-order valence-corrected chi connectivity index (χ1v) is 17.1. The Bertz CT molecular complexity index is 1880. The molecule has 3 aromatic carbocycles. The first-order chi connectivity index (χ1) is 22.4. The van der Waals surface area contributed by atoms with Gasteiger partial charge >= 0.3 is 0 Å². The lowest BCUT2D eigenvalue weighted by Gasteiger charge is -2.24. The van der Waals surface area contributed by atoms with E-state index < -0.39 is 0 Å². The molecule has 46 heavy (non-hydrogen) atoms. The van der Waals surface area contributed by atoms with Crippen molar-refractivity contribution in [1.82, 2.24) is 9.97 Å². The molecule has 2 aromatic heterocycles. The van der Waals surface area contributed by atoms with Crippen LogP contribution in [0.3, 0.4) is 0 Å². The monoisotopic (exact) mass is 650 g/mol. The van der Waals surface area contributed by atoms with Gasteiger partial charge in [0.1, 0.15) is 11.4 Å². The third-order valence-electron chi connectivity index (χ3n) is 9.51. The number of hydrogen-bond donors (Lipinski definition) is 0. The number of fused-ring (bicyclic) bond motifs is 5. The zero-order chi connectivity index (χ0) is 31.9. The smallest absolute Gasteiger partial charge is 0.276 e. The highest BCUT2D eigenvalue weighted by molar-refractivity contribution is 6.39. The molecule has 5 aromatic rings. The van der Waals surface area contributed by atoms with Gasteiger partial charge in [-0.2, -0.15) is 0 Å². The minimum atomic E-state index is -0.248. The zero-order valence-corrected chi connectivity index (χ0v) is 27.7. The molecule has 2 heterocycles. The molecular weight excluding hydrogens is 615 g/mol. The zero-order valence-electron chi connectivity index (χ0n) is 26.2. The van der Waals surface area contributed by atoms with Crippen LogP contribution in [0.15, 0.2) is 60.7 Å². The summed E-state index contributed by atoms with van der Waals surface area (Å²) in [6.07, 6.45) is 8.93. The van der Waals surface area contributed by atoms with Gasteiger partial charge in [0, 0.05) is 35.2 Å². The standard InChI is InChI=1S/C38H36Cl2N4O2/c1-3-43(27-15-13-23-9-5-7-11-25(23)19-27)37(45)33-21-31(39)29-17-18-30-32(40)22-34(42-36(30)35(29)41-33)38(46)44(4-2)28-16-14-24-10-6-8-12-26(24)20-28/h13-22H,3-12H2,1-2H3. The third kappa shape index (κ3) is 5.52. The van der Waals surface area contributed by atoms with Crippen LogP contribution >= 0.6 is 23.2 Å². The molecule has 0 fully saturated rings. The van der Waals surface area contributed by atoms with Crippen LogP contribution in [-0.2, 0) is 25.7 Å². The van der Waals surface area contributed by atoms with E-state index in [1.807, 2.05) is 38.1 Å². The van der Waals surface area contributed by atoms with E-state index in [1.165, 1.54) is 35.1 Å². The summed E-state index contributed by atoms with van der Waals surface area (Å²) in [5.41, 5.74) is 8.31. The number of pyridine rings is 2. The molecule has 0 bridgehead atoms. The van der Waals surface area contributed by atoms with Gasteiger partial charge in [0.25, 0.3) is 11.8 Å². The molecule has 0 saturated carbocycles. The fourth-order valence-electron chi connectivity index (χ4n) is 7.05. The number of benzene rings is 3.